The summed E-state index contributed by atoms with van der Waals surface area (Å²) < 4.78 is 27.4. The van der Waals surface area contributed by atoms with Crippen LogP contribution in [0.2, 0.25) is 0 Å². The summed E-state index contributed by atoms with van der Waals surface area (Å²) in [5, 5.41) is 11.8. The van der Waals surface area contributed by atoms with E-state index in [4.69, 9.17) is 5.11 Å². The quantitative estimate of drug-likeness (QED) is 0.493. The average Bonchev–Trinajstić information content (AvgIpc) is 3.06. The highest BCUT2D eigenvalue weighted by atomic mass is 127. The first-order valence-corrected chi connectivity index (χ1v) is 10.7. The van der Waals surface area contributed by atoms with Gasteiger partial charge in [0.05, 0.1) is 0 Å². The van der Waals surface area contributed by atoms with Gasteiger partial charge in [-0.25, -0.2) is 8.78 Å². The van der Waals surface area contributed by atoms with Gasteiger partial charge < -0.3 is 10.4 Å². The van der Waals surface area contributed by atoms with Crippen LogP contribution < -0.4 is 5.32 Å². The maximum Gasteiger partial charge on any atom is 0.303 e. The van der Waals surface area contributed by atoms with Gasteiger partial charge in [-0.1, -0.05) is 0 Å². The van der Waals surface area contributed by atoms with Gasteiger partial charge in [-0.05, 0) is 78.1 Å². The third-order valence-corrected chi connectivity index (χ3v) is 7.28. The van der Waals surface area contributed by atoms with Crippen LogP contribution in [0.1, 0.15) is 36.0 Å². The molecule has 0 radical (unpaired) electrons. The fourth-order valence-corrected chi connectivity index (χ4v) is 5.33. The molecular formula is C20H18F2INO3S. The molecule has 28 heavy (non-hydrogen) atoms. The van der Waals surface area contributed by atoms with E-state index in [2.05, 4.69) is 27.9 Å². The molecule has 1 fully saturated rings. The van der Waals surface area contributed by atoms with Crippen molar-refractivity contribution in [2.75, 3.05) is 5.32 Å². The molecule has 4 nitrogen and oxygen atoms in total. The highest BCUT2D eigenvalue weighted by Gasteiger charge is 2.27. The molecule has 3 rings (SSSR count). The number of carboxylic acid groups (broad SMARTS) is 1. The van der Waals surface area contributed by atoms with E-state index >= 15 is 0 Å². The summed E-state index contributed by atoms with van der Waals surface area (Å²) in [5.41, 5.74) is 0.608. The van der Waals surface area contributed by atoms with Crippen LogP contribution in [0.15, 0.2) is 41.3 Å². The van der Waals surface area contributed by atoms with Gasteiger partial charge in [0.15, 0.2) is 11.6 Å². The van der Waals surface area contributed by atoms with Crippen molar-refractivity contribution in [2.45, 2.75) is 35.8 Å². The normalized spacial score (nSPS) is 18.8. The number of hydrogen-bond acceptors (Lipinski definition) is 3. The zero-order chi connectivity index (χ0) is 20.3. The number of anilines is 1. The molecule has 148 valence electrons. The molecule has 2 aromatic carbocycles. The molecule has 0 aliphatic heterocycles. The molecule has 0 aromatic heterocycles. The molecule has 0 spiro atoms. The summed E-state index contributed by atoms with van der Waals surface area (Å²) in [6, 6.07) is 8.52. The van der Waals surface area contributed by atoms with Gasteiger partial charge in [0, 0.05) is 37.5 Å². The minimum absolute atomic E-state index is 0.184. The summed E-state index contributed by atoms with van der Waals surface area (Å²) in [6.45, 7) is 0. The SMILES string of the molecule is O=C(O)CC1CCC(Sc2cc(C(=O)Nc3ccc(F)c(F)c3)ccc2I)C1. The number of carbonyl (C=O) groups is 2. The van der Waals surface area contributed by atoms with E-state index in [1.807, 2.05) is 6.07 Å². The van der Waals surface area contributed by atoms with E-state index in [1.165, 1.54) is 6.07 Å². The van der Waals surface area contributed by atoms with E-state index in [0.717, 1.165) is 39.9 Å². The first-order valence-electron chi connectivity index (χ1n) is 8.76. The van der Waals surface area contributed by atoms with Crippen LogP contribution in [-0.2, 0) is 4.79 Å². The van der Waals surface area contributed by atoms with Gasteiger partial charge >= 0.3 is 5.97 Å². The highest BCUT2D eigenvalue weighted by molar-refractivity contribution is 14.1. The molecule has 0 heterocycles. The standard InChI is InChI=1S/C20H18F2INO3S/c21-15-5-3-13(10-16(15)22)24-20(27)12-2-6-17(23)18(9-12)28-14-4-1-11(7-14)8-19(25)26/h2-3,5-6,9-11,14H,1,4,7-8H2,(H,24,27)(H,25,26). The maximum absolute atomic E-state index is 13.3. The molecule has 2 N–H and O–H groups in total. The Morgan fingerprint density at radius 2 is 1.93 bits per heavy atom. The van der Waals surface area contributed by atoms with Crippen molar-refractivity contribution in [3.8, 4) is 0 Å². The summed E-state index contributed by atoms with van der Waals surface area (Å²) in [4.78, 5) is 24.3. The number of thioether (sulfide) groups is 1. The zero-order valence-electron chi connectivity index (χ0n) is 14.8. The Balaban J connectivity index is 1.68. The predicted octanol–water partition coefficient (Wildman–Crippen LogP) is 5.56. The lowest BCUT2D eigenvalue weighted by Crippen LogP contribution is -2.12. The third kappa shape index (κ3) is 5.44. The van der Waals surface area contributed by atoms with E-state index in [1.54, 1.807) is 23.9 Å². The van der Waals surface area contributed by atoms with Gasteiger partial charge in [-0.2, -0.15) is 0 Å². The molecule has 2 atom stereocenters. The average molecular weight is 517 g/mol. The summed E-state index contributed by atoms with van der Waals surface area (Å²) in [6.07, 6.45) is 2.89. The van der Waals surface area contributed by atoms with Gasteiger partial charge in [0.25, 0.3) is 5.91 Å². The van der Waals surface area contributed by atoms with Crippen LogP contribution >= 0.6 is 34.4 Å². The largest absolute Gasteiger partial charge is 0.481 e. The number of aliphatic carboxylic acids is 1. The lowest BCUT2D eigenvalue weighted by Gasteiger charge is -2.13. The van der Waals surface area contributed by atoms with Crippen LogP contribution in [0.25, 0.3) is 0 Å². The minimum Gasteiger partial charge on any atom is -0.481 e. The molecule has 1 aliphatic rings. The van der Waals surface area contributed by atoms with E-state index in [0.29, 0.717) is 10.8 Å². The molecule has 2 aromatic rings. The molecule has 1 saturated carbocycles. The van der Waals surface area contributed by atoms with Crippen LogP contribution in [-0.4, -0.2) is 22.2 Å². The first-order chi connectivity index (χ1) is 13.3. The summed E-state index contributed by atoms with van der Waals surface area (Å²) >= 11 is 3.87. The Morgan fingerprint density at radius 3 is 2.64 bits per heavy atom. The minimum atomic E-state index is -1.02. The number of halogens is 3. The Bertz CT molecular complexity index is 909. The van der Waals surface area contributed by atoms with Gasteiger partial charge in [0.2, 0.25) is 0 Å². The maximum atomic E-state index is 13.3. The fourth-order valence-electron chi connectivity index (χ4n) is 3.26. The predicted molar refractivity (Wildman–Crippen MR) is 113 cm³/mol. The second-order valence-electron chi connectivity index (χ2n) is 6.75. The van der Waals surface area contributed by atoms with Crippen LogP contribution in [0.3, 0.4) is 0 Å². The van der Waals surface area contributed by atoms with Crippen molar-refractivity contribution in [3.63, 3.8) is 0 Å². The number of nitrogens with one attached hydrogen (secondary N) is 1. The van der Waals surface area contributed by atoms with Crippen LogP contribution in [0.5, 0.6) is 0 Å². The van der Waals surface area contributed by atoms with Gasteiger partial charge in [-0.3, -0.25) is 9.59 Å². The number of rotatable bonds is 6. The zero-order valence-corrected chi connectivity index (χ0v) is 17.7. The number of benzene rings is 2. The van der Waals surface area contributed by atoms with Crippen molar-refractivity contribution in [1.29, 1.82) is 0 Å². The number of carbonyl (C=O) groups excluding carboxylic acids is 1. The number of amides is 1. The van der Waals surface area contributed by atoms with Crippen molar-refractivity contribution >= 4 is 51.9 Å². The van der Waals surface area contributed by atoms with Gasteiger partial charge in [-0.15, -0.1) is 11.8 Å². The van der Waals surface area contributed by atoms with E-state index < -0.39 is 23.5 Å². The first kappa shape index (κ1) is 21.0. The summed E-state index contributed by atoms with van der Waals surface area (Å²) in [7, 11) is 0. The van der Waals surface area contributed by atoms with Crippen LogP contribution in [0.4, 0.5) is 14.5 Å². The second-order valence-corrected chi connectivity index (χ2v) is 9.25. The van der Waals surface area contributed by atoms with E-state index in [-0.39, 0.29) is 18.0 Å². The van der Waals surface area contributed by atoms with Gasteiger partial charge in [0.1, 0.15) is 0 Å². The van der Waals surface area contributed by atoms with Crippen molar-refractivity contribution < 1.29 is 23.5 Å². The Morgan fingerprint density at radius 1 is 1.14 bits per heavy atom. The molecular weight excluding hydrogens is 499 g/mol. The molecule has 0 bridgehead atoms. The molecule has 1 amide bonds. The lowest BCUT2D eigenvalue weighted by atomic mass is 10.1. The lowest BCUT2D eigenvalue weighted by molar-refractivity contribution is -0.138. The fraction of sp³-hybridized carbons (Fsp3) is 0.300. The van der Waals surface area contributed by atoms with Crippen molar-refractivity contribution in [3.05, 3.63) is 57.2 Å². The van der Waals surface area contributed by atoms with Crippen LogP contribution in [0, 0.1) is 21.1 Å². The second kappa shape index (κ2) is 9.21. The molecule has 0 saturated heterocycles. The summed E-state index contributed by atoms with van der Waals surface area (Å²) in [5.74, 6) is -2.95. The number of hydrogen-bond donors (Lipinski definition) is 2. The third-order valence-electron chi connectivity index (χ3n) is 4.62. The molecule has 2 unspecified atom stereocenters. The van der Waals surface area contributed by atoms with E-state index in [9.17, 15) is 18.4 Å². The smallest absolute Gasteiger partial charge is 0.303 e. The molecule has 1 aliphatic carbocycles. The van der Waals surface area contributed by atoms with Crippen molar-refractivity contribution in [1.82, 2.24) is 0 Å². The highest BCUT2D eigenvalue weighted by Crippen LogP contribution is 2.40. The number of carboxylic acids is 1. The molecule has 8 heteroatoms. The monoisotopic (exact) mass is 517 g/mol. The Kier molecular flexibility index (Phi) is 6.92. The topological polar surface area (TPSA) is 66.4 Å². The Labute approximate surface area is 179 Å². The van der Waals surface area contributed by atoms with Crippen molar-refractivity contribution in [2.24, 2.45) is 5.92 Å². The Hall–Kier alpha value is -1.68.